The summed E-state index contributed by atoms with van der Waals surface area (Å²) in [5, 5.41) is 16.2. The van der Waals surface area contributed by atoms with E-state index in [-0.39, 0.29) is 0 Å². The number of halogens is 1. The van der Waals surface area contributed by atoms with Crippen LogP contribution >= 0.6 is 0 Å². The predicted molar refractivity (Wildman–Crippen MR) is 58.2 cm³/mol. The number of carboxylic acids is 2. The first-order chi connectivity index (χ1) is 8.74. The lowest BCUT2D eigenvalue weighted by atomic mass is 10.2. The molecule has 0 bridgehead atoms. The molecule has 0 saturated heterocycles. The fourth-order valence-electron chi connectivity index (χ4n) is 1.17. The fourth-order valence-corrected chi connectivity index (χ4v) is 2.36. The van der Waals surface area contributed by atoms with Crippen LogP contribution in [0.4, 0.5) is 4.39 Å². The summed E-state index contributed by atoms with van der Waals surface area (Å²) in [5.41, 5.74) is 0. The van der Waals surface area contributed by atoms with E-state index in [9.17, 15) is 22.4 Å². The lowest BCUT2D eigenvalue weighted by Gasteiger charge is -2.12. The number of hydrogen-bond donors (Lipinski definition) is 3. The average Bonchev–Trinajstić information content (AvgIpc) is 2.27. The van der Waals surface area contributed by atoms with Gasteiger partial charge < -0.3 is 10.2 Å². The second-order valence-electron chi connectivity index (χ2n) is 3.40. The van der Waals surface area contributed by atoms with E-state index in [4.69, 9.17) is 10.2 Å². The number of sulfonamides is 1. The van der Waals surface area contributed by atoms with Gasteiger partial charge in [-0.15, -0.1) is 0 Å². The van der Waals surface area contributed by atoms with Crippen molar-refractivity contribution < 1.29 is 32.6 Å². The number of aliphatic carboxylic acids is 2. The molecule has 0 amide bonds. The van der Waals surface area contributed by atoms with Crippen LogP contribution in [0.3, 0.4) is 0 Å². The molecule has 1 rings (SSSR count). The lowest BCUT2D eigenvalue weighted by molar-refractivity contribution is -0.145. The van der Waals surface area contributed by atoms with E-state index in [2.05, 4.69) is 4.98 Å². The Labute approximate surface area is 106 Å². The van der Waals surface area contributed by atoms with Crippen LogP contribution in [0, 0.1) is 5.82 Å². The zero-order chi connectivity index (χ0) is 14.6. The highest BCUT2D eigenvalue weighted by molar-refractivity contribution is 7.89. The van der Waals surface area contributed by atoms with Gasteiger partial charge in [0.15, 0.2) is 5.82 Å². The van der Waals surface area contributed by atoms with Crippen LogP contribution in [0.1, 0.15) is 6.42 Å². The third kappa shape index (κ3) is 3.96. The average molecular weight is 292 g/mol. The number of hydrogen-bond acceptors (Lipinski definition) is 5. The molecule has 0 aliphatic heterocycles. The zero-order valence-electron chi connectivity index (χ0n) is 9.28. The molecular formula is C9H9FN2O6S. The first-order valence-corrected chi connectivity index (χ1v) is 6.30. The molecule has 0 aliphatic rings. The Balaban J connectivity index is 3.04. The monoisotopic (exact) mass is 292 g/mol. The van der Waals surface area contributed by atoms with Crippen LogP contribution < -0.4 is 4.72 Å². The molecule has 0 aliphatic carbocycles. The van der Waals surface area contributed by atoms with Crippen molar-refractivity contribution in [2.24, 2.45) is 0 Å². The Morgan fingerprint density at radius 1 is 1.42 bits per heavy atom. The van der Waals surface area contributed by atoms with Crippen LogP contribution in [-0.4, -0.2) is 41.6 Å². The predicted octanol–water partition coefficient (Wildman–Crippen LogP) is -0.573. The van der Waals surface area contributed by atoms with Gasteiger partial charge in [0, 0.05) is 6.20 Å². The molecule has 0 saturated carbocycles. The number of nitrogens with one attached hydrogen (secondary N) is 1. The summed E-state index contributed by atoms with van der Waals surface area (Å²) >= 11 is 0. The molecule has 3 N–H and O–H groups in total. The maximum atomic E-state index is 13.3. The normalized spacial score (nSPS) is 12.9. The number of carbonyl (C=O) groups is 2. The number of carboxylic acid groups (broad SMARTS) is 2. The molecule has 0 fully saturated rings. The number of aromatic nitrogens is 1. The van der Waals surface area contributed by atoms with E-state index in [1.54, 1.807) is 4.72 Å². The smallest absolute Gasteiger partial charge is 0.322 e. The van der Waals surface area contributed by atoms with E-state index in [1.807, 2.05) is 0 Å². The summed E-state index contributed by atoms with van der Waals surface area (Å²) < 4.78 is 38.2. The maximum absolute atomic E-state index is 13.3. The van der Waals surface area contributed by atoms with Gasteiger partial charge in [-0.3, -0.25) is 9.59 Å². The maximum Gasteiger partial charge on any atom is 0.322 e. The van der Waals surface area contributed by atoms with Crippen molar-refractivity contribution in [3.8, 4) is 0 Å². The van der Waals surface area contributed by atoms with E-state index in [0.717, 1.165) is 18.3 Å². The molecule has 0 spiro atoms. The van der Waals surface area contributed by atoms with Crippen LogP contribution in [0.25, 0.3) is 0 Å². The van der Waals surface area contributed by atoms with Crippen molar-refractivity contribution in [2.45, 2.75) is 17.5 Å². The van der Waals surface area contributed by atoms with E-state index >= 15 is 0 Å². The number of rotatable bonds is 6. The van der Waals surface area contributed by atoms with Crippen molar-refractivity contribution in [3.63, 3.8) is 0 Å². The third-order valence-electron chi connectivity index (χ3n) is 1.95. The third-order valence-corrected chi connectivity index (χ3v) is 3.36. The number of pyridine rings is 1. The van der Waals surface area contributed by atoms with Gasteiger partial charge in [-0.2, -0.15) is 4.72 Å². The molecule has 1 unspecified atom stereocenters. The van der Waals surface area contributed by atoms with E-state index < -0.39 is 45.3 Å². The molecule has 1 aromatic heterocycles. The first kappa shape index (κ1) is 15.0. The summed E-state index contributed by atoms with van der Waals surface area (Å²) in [5.74, 6) is -4.38. The van der Waals surface area contributed by atoms with Crippen LogP contribution in [0.5, 0.6) is 0 Å². The summed E-state index contributed by atoms with van der Waals surface area (Å²) in [6, 6.07) is 0.0679. The van der Waals surface area contributed by atoms with Gasteiger partial charge in [0.05, 0.1) is 6.42 Å². The Morgan fingerprint density at radius 2 is 2.05 bits per heavy atom. The SMILES string of the molecule is O=C(O)CC(NS(=O)(=O)c1ncccc1F)C(=O)O. The molecule has 104 valence electrons. The molecule has 19 heavy (non-hydrogen) atoms. The Kier molecular flexibility index (Phi) is 4.51. The second kappa shape index (κ2) is 5.71. The van der Waals surface area contributed by atoms with Gasteiger partial charge in [-0.25, -0.2) is 17.8 Å². The quantitative estimate of drug-likeness (QED) is 0.639. The summed E-state index contributed by atoms with van der Waals surface area (Å²) in [6.07, 6.45) is 0.0215. The van der Waals surface area contributed by atoms with Crippen LogP contribution in [0.2, 0.25) is 0 Å². The first-order valence-electron chi connectivity index (χ1n) is 4.81. The van der Waals surface area contributed by atoms with Gasteiger partial charge in [-0.1, -0.05) is 0 Å². The van der Waals surface area contributed by atoms with Gasteiger partial charge in [0.1, 0.15) is 6.04 Å². The van der Waals surface area contributed by atoms with Crippen molar-refractivity contribution in [3.05, 3.63) is 24.1 Å². The molecule has 1 atom stereocenters. The zero-order valence-corrected chi connectivity index (χ0v) is 10.1. The molecule has 0 radical (unpaired) electrons. The van der Waals surface area contributed by atoms with Gasteiger partial charge in [0.2, 0.25) is 5.03 Å². The molecule has 8 nitrogen and oxygen atoms in total. The Bertz CT molecular complexity index is 602. The van der Waals surface area contributed by atoms with Gasteiger partial charge in [-0.05, 0) is 12.1 Å². The minimum Gasteiger partial charge on any atom is -0.481 e. The molecule has 1 heterocycles. The largest absolute Gasteiger partial charge is 0.481 e. The molecular weight excluding hydrogens is 283 g/mol. The van der Waals surface area contributed by atoms with Crippen LogP contribution in [0.15, 0.2) is 23.4 Å². The van der Waals surface area contributed by atoms with Crippen LogP contribution in [-0.2, 0) is 19.6 Å². The highest BCUT2D eigenvalue weighted by atomic mass is 32.2. The summed E-state index contributed by atoms with van der Waals surface area (Å²) in [6.45, 7) is 0. The molecule has 0 aromatic carbocycles. The molecule has 1 aromatic rings. The topological polar surface area (TPSA) is 134 Å². The molecule has 10 heteroatoms. The summed E-state index contributed by atoms with van der Waals surface area (Å²) in [7, 11) is -4.56. The number of nitrogens with zero attached hydrogens (tertiary/aromatic N) is 1. The van der Waals surface area contributed by atoms with E-state index in [0.29, 0.717) is 0 Å². The highest BCUT2D eigenvalue weighted by Crippen LogP contribution is 2.11. The van der Waals surface area contributed by atoms with Crippen molar-refractivity contribution in [2.75, 3.05) is 0 Å². The highest BCUT2D eigenvalue weighted by Gasteiger charge is 2.29. The van der Waals surface area contributed by atoms with E-state index in [1.165, 1.54) is 0 Å². The van der Waals surface area contributed by atoms with Gasteiger partial charge in [0.25, 0.3) is 10.0 Å². The fraction of sp³-hybridized carbons (Fsp3) is 0.222. The Hall–Kier alpha value is -2.07. The van der Waals surface area contributed by atoms with Crippen molar-refractivity contribution in [1.82, 2.24) is 9.71 Å². The van der Waals surface area contributed by atoms with Crippen molar-refractivity contribution >= 4 is 22.0 Å². The van der Waals surface area contributed by atoms with Crippen molar-refractivity contribution in [1.29, 1.82) is 0 Å². The second-order valence-corrected chi connectivity index (χ2v) is 5.03. The minimum atomic E-state index is -4.56. The Morgan fingerprint density at radius 3 is 2.53 bits per heavy atom. The minimum absolute atomic E-state index is 0.828. The standard InChI is InChI=1S/C9H9FN2O6S/c10-5-2-1-3-11-8(5)19(17,18)12-6(9(15)16)4-7(13)14/h1-3,6,12H,4H2,(H,13,14)(H,15,16). The van der Waals surface area contributed by atoms with Gasteiger partial charge >= 0.3 is 11.9 Å². The summed E-state index contributed by atoms with van der Waals surface area (Å²) in [4.78, 5) is 24.4. The lowest BCUT2D eigenvalue weighted by Crippen LogP contribution is -2.42.